The van der Waals surface area contributed by atoms with E-state index in [1.165, 1.54) is 6.42 Å². The topological polar surface area (TPSA) is 50.3 Å². The van der Waals surface area contributed by atoms with Crippen LogP contribution in [-0.4, -0.2) is 30.7 Å². The van der Waals surface area contributed by atoms with Crippen molar-refractivity contribution in [3.8, 4) is 5.75 Å². The molecule has 2 rings (SSSR count). The number of unbranched alkanes of at least 4 members (excludes halogenated alkanes) is 1. The van der Waals surface area contributed by atoms with Gasteiger partial charge in [-0.2, -0.15) is 4.98 Å². The quantitative estimate of drug-likeness (QED) is 0.810. The van der Waals surface area contributed by atoms with Crippen molar-refractivity contribution in [2.45, 2.75) is 26.3 Å². The number of hydrogen-bond donors (Lipinski definition) is 1. The first kappa shape index (κ1) is 16.1. The van der Waals surface area contributed by atoms with Gasteiger partial charge in [0.05, 0.1) is 7.11 Å². The number of hydrogen-bond acceptors (Lipinski definition) is 5. The number of anilines is 2. The highest BCUT2D eigenvalue weighted by Gasteiger charge is 2.04. The van der Waals surface area contributed by atoms with Crippen molar-refractivity contribution in [1.29, 1.82) is 0 Å². The smallest absolute Gasteiger partial charge is 0.224 e. The molecule has 0 aliphatic carbocycles. The zero-order chi connectivity index (χ0) is 15.8. The van der Waals surface area contributed by atoms with Crippen LogP contribution in [0.15, 0.2) is 36.5 Å². The lowest BCUT2D eigenvalue weighted by Gasteiger charge is -2.18. The van der Waals surface area contributed by atoms with Crippen LogP contribution < -0.4 is 15.0 Å². The molecule has 1 heterocycles. The summed E-state index contributed by atoms with van der Waals surface area (Å²) in [4.78, 5) is 11.0. The van der Waals surface area contributed by atoms with Crippen molar-refractivity contribution < 1.29 is 4.74 Å². The maximum atomic E-state index is 5.16. The molecule has 0 fully saturated rings. The number of nitrogens with one attached hydrogen (secondary N) is 1. The standard InChI is InChI=1S/C17H24N4O/c1-4-5-12-21(2)16-10-11-18-17(20-16)19-13-14-6-8-15(22-3)9-7-14/h6-11H,4-5,12-13H2,1-3H3,(H,18,19,20). The Morgan fingerprint density at radius 3 is 2.64 bits per heavy atom. The fourth-order valence-electron chi connectivity index (χ4n) is 2.08. The van der Waals surface area contributed by atoms with Crippen LogP contribution in [0.25, 0.3) is 0 Å². The molecule has 0 unspecified atom stereocenters. The van der Waals surface area contributed by atoms with Crippen LogP contribution in [0.5, 0.6) is 5.75 Å². The van der Waals surface area contributed by atoms with Crippen molar-refractivity contribution in [2.24, 2.45) is 0 Å². The predicted octanol–water partition coefficient (Wildman–Crippen LogP) is 3.33. The Morgan fingerprint density at radius 2 is 1.95 bits per heavy atom. The Labute approximate surface area is 132 Å². The van der Waals surface area contributed by atoms with E-state index in [0.717, 1.165) is 30.1 Å². The molecule has 0 atom stereocenters. The monoisotopic (exact) mass is 300 g/mol. The van der Waals surface area contributed by atoms with Crippen LogP contribution in [0.1, 0.15) is 25.3 Å². The molecule has 118 valence electrons. The minimum Gasteiger partial charge on any atom is -0.497 e. The molecule has 5 nitrogen and oxygen atoms in total. The first-order chi connectivity index (χ1) is 10.7. The molecule has 0 aliphatic rings. The summed E-state index contributed by atoms with van der Waals surface area (Å²) < 4.78 is 5.16. The summed E-state index contributed by atoms with van der Waals surface area (Å²) in [6, 6.07) is 9.90. The zero-order valence-corrected chi connectivity index (χ0v) is 13.5. The second-order valence-corrected chi connectivity index (χ2v) is 5.22. The third-order valence-electron chi connectivity index (χ3n) is 3.49. The Hall–Kier alpha value is -2.30. The lowest BCUT2D eigenvalue weighted by Crippen LogP contribution is -2.20. The summed E-state index contributed by atoms with van der Waals surface area (Å²) in [5.41, 5.74) is 1.16. The van der Waals surface area contributed by atoms with Crippen molar-refractivity contribution in [2.75, 3.05) is 30.9 Å². The van der Waals surface area contributed by atoms with E-state index in [9.17, 15) is 0 Å². The molecule has 0 bridgehead atoms. The second kappa shape index (κ2) is 8.22. The molecule has 1 aromatic heterocycles. The second-order valence-electron chi connectivity index (χ2n) is 5.22. The Morgan fingerprint density at radius 1 is 1.18 bits per heavy atom. The molecule has 0 saturated carbocycles. The minimum atomic E-state index is 0.650. The molecule has 1 N–H and O–H groups in total. The number of ether oxygens (including phenoxy) is 1. The van der Waals surface area contributed by atoms with Gasteiger partial charge in [-0.1, -0.05) is 25.5 Å². The van der Waals surface area contributed by atoms with E-state index in [1.807, 2.05) is 30.3 Å². The Bertz CT molecular complexity index is 571. The van der Waals surface area contributed by atoms with Gasteiger partial charge < -0.3 is 15.0 Å². The van der Waals surface area contributed by atoms with Gasteiger partial charge in [0, 0.05) is 26.3 Å². The van der Waals surface area contributed by atoms with Crippen LogP contribution in [-0.2, 0) is 6.54 Å². The van der Waals surface area contributed by atoms with Crippen LogP contribution in [0.3, 0.4) is 0 Å². The molecular formula is C17H24N4O. The molecule has 0 amide bonds. The maximum Gasteiger partial charge on any atom is 0.224 e. The van der Waals surface area contributed by atoms with Gasteiger partial charge in [0.25, 0.3) is 0 Å². The summed E-state index contributed by atoms with van der Waals surface area (Å²) in [6.07, 6.45) is 4.13. The molecule has 0 saturated heterocycles. The minimum absolute atomic E-state index is 0.650. The van der Waals surface area contributed by atoms with E-state index < -0.39 is 0 Å². The normalized spacial score (nSPS) is 10.3. The largest absolute Gasteiger partial charge is 0.497 e. The molecule has 1 aromatic carbocycles. The highest BCUT2D eigenvalue weighted by atomic mass is 16.5. The van der Waals surface area contributed by atoms with Crippen molar-refractivity contribution in [3.05, 3.63) is 42.1 Å². The van der Waals surface area contributed by atoms with Gasteiger partial charge in [0.2, 0.25) is 5.95 Å². The van der Waals surface area contributed by atoms with Crippen LogP contribution in [0, 0.1) is 0 Å². The fourth-order valence-corrected chi connectivity index (χ4v) is 2.08. The molecule has 0 radical (unpaired) electrons. The number of nitrogens with zero attached hydrogens (tertiary/aromatic N) is 3. The van der Waals surface area contributed by atoms with Gasteiger partial charge in [-0.05, 0) is 30.2 Å². The third-order valence-corrected chi connectivity index (χ3v) is 3.49. The van der Waals surface area contributed by atoms with Crippen LogP contribution in [0.4, 0.5) is 11.8 Å². The first-order valence-electron chi connectivity index (χ1n) is 7.64. The predicted molar refractivity (Wildman–Crippen MR) is 90.5 cm³/mol. The number of rotatable bonds is 8. The highest BCUT2D eigenvalue weighted by molar-refractivity contribution is 5.42. The summed E-state index contributed by atoms with van der Waals surface area (Å²) in [7, 11) is 3.73. The summed E-state index contributed by atoms with van der Waals surface area (Å²) in [5, 5.41) is 3.26. The summed E-state index contributed by atoms with van der Waals surface area (Å²) in [5.74, 6) is 2.46. The molecule has 0 spiro atoms. The van der Waals surface area contributed by atoms with Crippen LogP contribution in [0.2, 0.25) is 0 Å². The average molecular weight is 300 g/mol. The number of methoxy groups -OCH3 is 1. The van der Waals surface area contributed by atoms with Crippen molar-refractivity contribution in [3.63, 3.8) is 0 Å². The van der Waals surface area contributed by atoms with Gasteiger partial charge in [0.15, 0.2) is 0 Å². The molecular weight excluding hydrogens is 276 g/mol. The number of aromatic nitrogens is 2. The van der Waals surface area contributed by atoms with E-state index in [2.05, 4.69) is 34.2 Å². The average Bonchev–Trinajstić information content (AvgIpc) is 2.58. The van der Waals surface area contributed by atoms with E-state index in [4.69, 9.17) is 4.74 Å². The third kappa shape index (κ3) is 4.62. The van der Waals surface area contributed by atoms with E-state index >= 15 is 0 Å². The lowest BCUT2D eigenvalue weighted by molar-refractivity contribution is 0.414. The highest BCUT2D eigenvalue weighted by Crippen LogP contribution is 2.14. The van der Waals surface area contributed by atoms with Crippen LogP contribution >= 0.6 is 0 Å². The van der Waals surface area contributed by atoms with E-state index in [-0.39, 0.29) is 0 Å². The van der Waals surface area contributed by atoms with Gasteiger partial charge in [-0.15, -0.1) is 0 Å². The SMILES string of the molecule is CCCCN(C)c1ccnc(NCc2ccc(OC)cc2)n1. The fraction of sp³-hybridized carbons (Fsp3) is 0.412. The Kier molecular flexibility index (Phi) is 6.01. The van der Waals surface area contributed by atoms with E-state index in [0.29, 0.717) is 12.5 Å². The zero-order valence-electron chi connectivity index (χ0n) is 13.5. The van der Waals surface area contributed by atoms with Gasteiger partial charge in [-0.3, -0.25) is 0 Å². The van der Waals surface area contributed by atoms with Gasteiger partial charge in [-0.25, -0.2) is 4.98 Å². The summed E-state index contributed by atoms with van der Waals surface area (Å²) >= 11 is 0. The Balaban J connectivity index is 1.94. The van der Waals surface area contributed by atoms with Gasteiger partial charge >= 0.3 is 0 Å². The summed E-state index contributed by atoms with van der Waals surface area (Å²) in [6.45, 7) is 3.88. The van der Waals surface area contributed by atoms with Gasteiger partial charge in [0.1, 0.15) is 11.6 Å². The molecule has 2 aromatic rings. The van der Waals surface area contributed by atoms with Crippen molar-refractivity contribution >= 4 is 11.8 Å². The first-order valence-corrected chi connectivity index (χ1v) is 7.64. The molecule has 22 heavy (non-hydrogen) atoms. The maximum absolute atomic E-state index is 5.16. The lowest BCUT2D eigenvalue weighted by atomic mass is 10.2. The number of benzene rings is 1. The molecule has 5 heteroatoms. The van der Waals surface area contributed by atoms with Crippen molar-refractivity contribution in [1.82, 2.24) is 9.97 Å². The molecule has 0 aliphatic heterocycles. The van der Waals surface area contributed by atoms with E-state index in [1.54, 1.807) is 13.3 Å².